The number of hydrogen-bond donors (Lipinski definition) is 2. The molecule has 8 heteroatoms. The molecule has 5 nitrogen and oxygen atoms in total. The van der Waals surface area contributed by atoms with E-state index < -0.39 is 12.0 Å². The lowest BCUT2D eigenvalue weighted by molar-refractivity contribution is -0.140. The molecule has 2 amide bonds. The number of carboxylic acid groups (broad SMARTS) is 1. The van der Waals surface area contributed by atoms with E-state index in [0.29, 0.717) is 18.2 Å². The maximum atomic E-state index is 11.9. The second kappa shape index (κ2) is 6.62. The van der Waals surface area contributed by atoms with Crippen molar-refractivity contribution in [3.63, 3.8) is 0 Å². The molecule has 0 aromatic carbocycles. The van der Waals surface area contributed by atoms with Gasteiger partial charge in [0, 0.05) is 17.2 Å². The smallest absolute Gasteiger partial charge is 0.327 e. The summed E-state index contributed by atoms with van der Waals surface area (Å²) in [5.74, 6) is -0.0455. The lowest BCUT2D eigenvalue weighted by Gasteiger charge is -2.20. The molecule has 1 atom stereocenters. The number of rotatable bonds is 4. The van der Waals surface area contributed by atoms with Gasteiger partial charge in [0.2, 0.25) is 0 Å². The second-order valence-electron chi connectivity index (χ2n) is 4.01. The molecule has 0 aliphatic carbocycles. The summed E-state index contributed by atoms with van der Waals surface area (Å²) in [6.45, 7) is 0.513. The molecule has 19 heavy (non-hydrogen) atoms. The predicted molar refractivity (Wildman–Crippen MR) is 79.7 cm³/mol. The van der Waals surface area contributed by atoms with Gasteiger partial charge in [-0.3, -0.25) is 0 Å². The summed E-state index contributed by atoms with van der Waals surface area (Å²) in [5.41, 5.74) is 0. The molecule has 2 heterocycles. The molecule has 0 radical (unpaired) electrons. The third kappa shape index (κ3) is 3.87. The van der Waals surface area contributed by atoms with Crippen LogP contribution in [-0.4, -0.2) is 46.2 Å². The number of thiophene rings is 1. The van der Waals surface area contributed by atoms with Gasteiger partial charge in [-0.25, -0.2) is 9.59 Å². The molecule has 1 aliphatic heterocycles. The number of aliphatic carboxylic acids is 1. The van der Waals surface area contributed by atoms with E-state index in [1.54, 1.807) is 11.3 Å². The van der Waals surface area contributed by atoms with Crippen LogP contribution in [0.5, 0.6) is 0 Å². The zero-order valence-electron chi connectivity index (χ0n) is 9.97. The van der Waals surface area contributed by atoms with E-state index in [0.717, 1.165) is 10.2 Å². The van der Waals surface area contributed by atoms with Gasteiger partial charge in [0.1, 0.15) is 6.04 Å². The maximum Gasteiger partial charge on any atom is 0.327 e. The van der Waals surface area contributed by atoms with Crippen molar-refractivity contribution in [2.75, 3.05) is 18.2 Å². The van der Waals surface area contributed by atoms with E-state index in [1.807, 2.05) is 12.1 Å². The molecule has 1 aromatic heterocycles. The van der Waals surface area contributed by atoms with Gasteiger partial charge in [0.25, 0.3) is 0 Å². The first kappa shape index (κ1) is 14.7. The van der Waals surface area contributed by atoms with Crippen LogP contribution in [0.1, 0.15) is 4.88 Å². The molecule has 1 fully saturated rings. The molecule has 1 unspecified atom stereocenters. The van der Waals surface area contributed by atoms with E-state index in [-0.39, 0.29) is 6.03 Å². The van der Waals surface area contributed by atoms with Crippen LogP contribution < -0.4 is 5.32 Å². The Bertz CT molecular complexity index is 480. The third-order valence-electron chi connectivity index (χ3n) is 2.70. The number of amides is 2. The van der Waals surface area contributed by atoms with Gasteiger partial charge < -0.3 is 15.3 Å². The Morgan fingerprint density at radius 3 is 2.95 bits per heavy atom. The Labute approximate surface area is 127 Å². The van der Waals surface area contributed by atoms with Crippen molar-refractivity contribution in [3.05, 3.63) is 20.8 Å². The average molecular weight is 365 g/mol. The number of carbonyl (C=O) groups excluding carboxylic acids is 1. The van der Waals surface area contributed by atoms with E-state index in [9.17, 15) is 9.59 Å². The summed E-state index contributed by atoms with van der Waals surface area (Å²) in [6, 6.07) is 2.97. The first-order chi connectivity index (χ1) is 9.08. The van der Waals surface area contributed by atoms with Crippen LogP contribution >= 0.6 is 39.0 Å². The minimum atomic E-state index is -0.942. The summed E-state index contributed by atoms with van der Waals surface area (Å²) in [4.78, 5) is 25.4. The molecule has 2 N–H and O–H groups in total. The third-order valence-corrected chi connectivity index (χ3v) is 5.40. The second-order valence-corrected chi connectivity index (χ2v) is 7.56. The fourth-order valence-corrected chi connectivity index (χ4v) is 4.36. The number of hydrogen-bond acceptors (Lipinski definition) is 4. The van der Waals surface area contributed by atoms with Crippen molar-refractivity contribution < 1.29 is 14.7 Å². The Hall–Kier alpha value is -0.730. The summed E-state index contributed by atoms with van der Waals surface area (Å²) in [7, 11) is 0. The fourth-order valence-electron chi connectivity index (χ4n) is 1.73. The molecule has 2 rings (SSSR count). The summed E-state index contributed by atoms with van der Waals surface area (Å²) >= 11 is 6.48. The minimum absolute atomic E-state index is 0.298. The highest BCUT2D eigenvalue weighted by molar-refractivity contribution is 9.11. The Kier molecular flexibility index (Phi) is 5.12. The first-order valence-electron chi connectivity index (χ1n) is 5.67. The van der Waals surface area contributed by atoms with Gasteiger partial charge in [-0.05, 0) is 34.5 Å². The number of nitrogens with zero attached hydrogens (tertiary/aromatic N) is 1. The van der Waals surface area contributed by atoms with E-state index >= 15 is 0 Å². The van der Waals surface area contributed by atoms with Crippen LogP contribution in [0, 0.1) is 0 Å². The molecule has 1 saturated heterocycles. The predicted octanol–water partition coefficient (Wildman–Crippen LogP) is 2.22. The molecular weight excluding hydrogens is 352 g/mol. The van der Waals surface area contributed by atoms with Crippen LogP contribution in [0.4, 0.5) is 4.79 Å². The van der Waals surface area contributed by atoms with Gasteiger partial charge in [-0.15, -0.1) is 23.1 Å². The Morgan fingerprint density at radius 2 is 2.32 bits per heavy atom. The Balaban J connectivity index is 1.79. The largest absolute Gasteiger partial charge is 0.480 e. The summed E-state index contributed by atoms with van der Waals surface area (Å²) < 4.78 is 1.07. The van der Waals surface area contributed by atoms with Crippen molar-refractivity contribution in [3.8, 4) is 0 Å². The number of halogens is 1. The van der Waals surface area contributed by atoms with Crippen LogP contribution in [0.3, 0.4) is 0 Å². The van der Waals surface area contributed by atoms with Crippen LogP contribution in [-0.2, 0) is 11.2 Å². The Morgan fingerprint density at radius 1 is 1.53 bits per heavy atom. The van der Waals surface area contributed by atoms with Crippen LogP contribution in [0.15, 0.2) is 15.9 Å². The van der Waals surface area contributed by atoms with E-state index in [1.165, 1.54) is 21.5 Å². The molecule has 0 spiro atoms. The zero-order chi connectivity index (χ0) is 13.8. The summed E-state index contributed by atoms with van der Waals surface area (Å²) in [5, 5.41) is 11.8. The first-order valence-corrected chi connectivity index (χ1v) is 8.43. The van der Waals surface area contributed by atoms with Crippen LogP contribution in [0.2, 0.25) is 0 Å². The van der Waals surface area contributed by atoms with Gasteiger partial charge in [0.05, 0.1) is 9.66 Å². The van der Waals surface area contributed by atoms with Crippen molar-refractivity contribution in [2.45, 2.75) is 12.5 Å². The van der Waals surface area contributed by atoms with Crippen molar-refractivity contribution in [1.29, 1.82) is 0 Å². The van der Waals surface area contributed by atoms with Gasteiger partial charge in [-0.1, -0.05) is 0 Å². The van der Waals surface area contributed by atoms with Crippen molar-refractivity contribution in [1.82, 2.24) is 10.2 Å². The fraction of sp³-hybridized carbons (Fsp3) is 0.455. The van der Waals surface area contributed by atoms with Gasteiger partial charge in [0.15, 0.2) is 0 Å². The SMILES string of the molecule is O=C(O)C1CSCN1C(=O)NCCc1ccc(Br)s1. The van der Waals surface area contributed by atoms with Gasteiger partial charge in [-0.2, -0.15) is 0 Å². The quantitative estimate of drug-likeness (QED) is 0.859. The number of carbonyl (C=O) groups is 2. The minimum Gasteiger partial charge on any atom is -0.480 e. The summed E-state index contributed by atoms with van der Waals surface area (Å²) in [6.07, 6.45) is 0.751. The number of thioether (sulfide) groups is 1. The normalized spacial score (nSPS) is 18.6. The zero-order valence-corrected chi connectivity index (χ0v) is 13.2. The number of nitrogens with one attached hydrogen (secondary N) is 1. The molecular formula is C11H13BrN2O3S2. The lowest BCUT2D eigenvalue weighted by Crippen LogP contribution is -2.47. The van der Waals surface area contributed by atoms with E-state index in [4.69, 9.17) is 5.11 Å². The van der Waals surface area contributed by atoms with Gasteiger partial charge >= 0.3 is 12.0 Å². The highest BCUT2D eigenvalue weighted by atomic mass is 79.9. The topological polar surface area (TPSA) is 69.6 Å². The van der Waals surface area contributed by atoms with E-state index in [2.05, 4.69) is 21.2 Å². The molecule has 104 valence electrons. The number of carboxylic acids is 1. The average Bonchev–Trinajstić information content (AvgIpc) is 2.97. The maximum absolute atomic E-state index is 11.9. The number of urea groups is 1. The molecule has 1 aliphatic rings. The molecule has 0 saturated carbocycles. The monoisotopic (exact) mass is 364 g/mol. The van der Waals surface area contributed by atoms with Crippen LogP contribution in [0.25, 0.3) is 0 Å². The highest BCUT2D eigenvalue weighted by Crippen LogP contribution is 2.23. The standard InChI is InChI=1S/C11H13BrN2O3S2/c12-9-2-1-7(19-9)3-4-13-11(17)14-6-18-5-8(14)10(15)16/h1-2,8H,3-6H2,(H,13,17)(H,15,16). The van der Waals surface area contributed by atoms with Crippen molar-refractivity contribution in [2.24, 2.45) is 0 Å². The highest BCUT2D eigenvalue weighted by Gasteiger charge is 2.34. The molecule has 1 aromatic rings. The molecule has 0 bridgehead atoms. The lowest BCUT2D eigenvalue weighted by atomic mass is 10.3. The van der Waals surface area contributed by atoms with Crippen molar-refractivity contribution >= 4 is 51.0 Å².